The van der Waals surface area contributed by atoms with Crippen LogP contribution < -0.4 is 9.80 Å². The minimum atomic E-state index is 0.585. The highest BCUT2D eigenvalue weighted by Crippen LogP contribution is 2.52. The number of benzene rings is 14. The monoisotopic (exact) mass is 1280 g/mol. The third kappa shape index (κ3) is 9.45. The molecule has 12 heteroatoms. The summed E-state index contributed by atoms with van der Waals surface area (Å²) in [5, 5.41) is 4.49. The smallest absolute Gasteiger partial charge is 0.220 e. The summed E-state index contributed by atoms with van der Waals surface area (Å²) in [6.45, 7) is 0. The summed E-state index contributed by atoms with van der Waals surface area (Å²) in [5.74, 6) is 5.17. The van der Waals surface area contributed by atoms with Crippen molar-refractivity contribution >= 4 is 78.3 Å². The minimum Gasteiger partial charge on any atom is -0.280 e. The van der Waals surface area contributed by atoms with Crippen LogP contribution >= 0.6 is 0 Å². The minimum absolute atomic E-state index is 0.585. The standard InChI is InChI=1S/C88H54N12/c1-5-21-55(22-6-1)81-91-82(56-23-7-2-8-24-56)94-85(93-81)59-39-44-67(45-40-59)97-75-34-18-15-31-69(75)71-50-61-29-13-14-30-62(61)53-80(71)100-78-48-43-64(52-74(78)90-88(97)100)63-37-38-65-54-79-72(51-66(65)49-63)70-32-16-19-35-76(70)99-77-36-20-17-33-73(77)89-87(99)98(79)68-46-41-60(42-47-68)86-95-83(57-25-9-3-10-26-57)92-84(96-86)58-27-11-4-12-28-58/h1-54H. The van der Waals surface area contributed by atoms with Gasteiger partial charge >= 0.3 is 0 Å². The Hall–Kier alpha value is -13.8. The number of para-hydroxylation sites is 4. The molecular formula is C88H54N12. The van der Waals surface area contributed by atoms with Gasteiger partial charge in [0.15, 0.2) is 34.9 Å². The highest BCUT2D eigenvalue weighted by atomic mass is 15.3. The van der Waals surface area contributed by atoms with E-state index in [0.29, 0.717) is 34.9 Å². The maximum atomic E-state index is 5.72. The molecule has 0 atom stereocenters. The SMILES string of the molecule is c1ccc(-c2nc(-c3ccccc3)nc(-c3ccc(N4c5cc6ccc(-c7ccc8c(c7)nc7n8-c8cc9ccccc9cc8-c8ccccc8N7c7ccc(-c8nc(-c9ccccc9)nc(-c9ccccc9)n8)cc7)cc6cc5-c5ccccc5-n5c4nc4ccccc45)cc3)n2)cc1. The fraction of sp³-hybridized carbons (Fsp3) is 0. The number of fused-ring (bicyclic) bond motifs is 16. The van der Waals surface area contributed by atoms with E-state index in [4.69, 9.17) is 39.9 Å². The number of nitrogens with zero attached hydrogens (tertiary/aromatic N) is 12. The van der Waals surface area contributed by atoms with E-state index in [1.54, 1.807) is 0 Å². The lowest BCUT2D eigenvalue weighted by Gasteiger charge is -2.25. The van der Waals surface area contributed by atoms with Crippen LogP contribution in [0.25, 0.3) is 157 Å². The summed E-state index contributed by atoms with van der Waals surface area (Å²) in [4.78, 5) is 46.1. The predicted molar refractivity (Wildman–Crippen MR) is 403 cm³/mol. The third-order valence-corrected chi connectivity index (χ3v) is 19.3. The van der Waals surface area contributed by atoms with Gasteiger partial charge in [-0.3, -0.25) is 18.9 Å². The third-order valence-electron chi connectivity index (χ3n) is 19.3. The van der Waals surface area contributed by atoms with Crippen molar-refractivity contribution in [1.29, 1.82) is 0 Å². The lowest BCUT2D eigenvalue weighted by Crippen LogP contribution is -2.14. The molecule has 0 saturated heterocycles. The Morgan fingerprint density at radius 1 is 0.190 bits per heavy atom. The Balaban J connectivity index is 0.713. The van der Waals surface area contributed by atoms with Gasteiger partial charge in [0.05, 0.1) is 44.8 Å². The van der Waals surface area contributed by atoms with Crippen molar-refractivity contribution in [3.8, 4) is 113 Å². The Bertz CT molecular complexity index is 6160. The molecule has 0 spiro atoms. The van der Waals surface area contributed by atoms with Crippen molar-refractivity contribution in [2.75, 3.05) is 9.80 Å². The highest BCUT2D eigenvalue weighted by Gasteiger charge is 2.33. The predicted octanol–water partition coefficient (Wildman–Crippen LogP) is 21.6. The zero-order chi connectivity index (χ0) is 65.8. The van der Waals surface area contributed by atoms with Crippen molar-refractivity contribution in [3.63, 3.8) is 0 Å². The van der Waals surface area contributed by atoms with E-state index in [0.717, 1.165) is 156 Å². The van der Waals surface area contributed by atoms with Crippen LogP contribution in [-0.4, -0.2) is 49.0 Å². The quantitative estimate of drug-likeness (QED) is 0.138. The van der Waals surface area contributed by atoms with Gasteiger partial charge in [0.1, 0.15) is 0 Å². The molecule has 4 aromatic heterocycles. The fourth-order valence-corrected chi connectivity index (χ4v) is 14.4. The van der Waals surface area contributed by atoms with Crippen molar-refractivity contribution in [2.45, 2.75) is 0 Å². The van der Waals surface area contributed by atoms with E-state index in [-0.39, 0.29) is 0 Å². The highest BCUT2D eigenvalue weighted by molar-refractivity contribution is 6.05. The lowest BCUT2D eigenvalue weighted by atomic mass is 9.94. The molecule has 0 N–H and O–H groups in total. The van der Waals surface area contributed by atoms with Crippen LogP contribution in [0.3, 0.4) is 0 Å². The molecule has 2 aliphatic rings. The van der Waals surface area contributed by atoms with Gasteiger partial charge in [-0.15, -0.1) is 0 Å². The molecule has 0 radical (unpaired) electrons. The maximum absolute atomic E-state index is 5.72. The first-order valence-corrected chi connectivity index (χ1v) is 33.4. The molecule has 14 aromatic carbocycles. The lowest BCUT2D eigenvalue weighted by molar-refractivity contribution is 1.05. The molecule has 0 aliphatic carbocycles. The molecular weight excluding hydrogens is 1230 g/mol. The van der Waals surface area contributed by atoms with Gasteiger partial charge in [0, 0.05) is 67.0 Å². The summed E-state index contributed by atoms with van der Waals surface area (Å²) in [6, 6.07) is 115. The van der Waals surface area contributed by atoms with Gasteiger partial charge in [0.2, 0.25) is 11.9 Å². The van der Waals surface area contributed by atoms with Gasteiger partial charge in [-0.25, -0.2) is 39.9 Å². The van der Waals surface area contributed by atoms with E-state index in [2.05, 4.69) is 225 Å². The summed E-state index contributed by atoms with van der Waals surface area (Å²) >= 11 is 0. The molecule has 0 unspecified atom stereocenters. The van der Waals surface area contributed by atoms with Crippen molar-refractivity contribution in [1.82, 2.24) is 49.0 Å². The first kappa shape index (κ1) is 56.5. The van der Waals surface area contributed by atoms with Gasteiger partial charge in [-0.2, -0.15) is 0 Å². The van der Waals surface area contributed by atoms with Crippen LogP contribution in [0.5, 0.6) is 0 Å². The van der Waals surface area contributed by atoms with Crippen LogP contribution in [0, 0.1) is 0 Å². The largest absolute Gasteiger partial charge is 0.280 e. The van der Waals surface area contributed by atoms with E-state index in [1.165, 1.54) is 0 Å². The number of imidazole rings is 2. The summed E-state index contributed by atoms with van der Waals surface area (Å²) in [6.07, 6.45) is 0. The second-order valence-corrected chi connectivity index (χ2v) is 25.2. The zero-order valence-electron chi connectivity index (χ0n) is 53.5. The molecule has 12 nitrogen and oxygen atoms in total. The van der Waals surface area contributed by atoms with Gasteiger partial charge in [-0.1, -0.05) is 212 Å². The Kier molecular flexibility index (Phi) is 13.0. The number of aromatic nitrogens is 10. The van der Waals surface area contributed by atoms with Crippen molar-refractivity contribution in [2.24, 2.45) is 0 Å². The number of hydrogen-bond acceptors (Lipinski definition) is 10. The summed E-state index contributed by atoms with van der Waals surface area (Å²) in [7, 11) is 0. The zero-order valence-corrected chi connectivity index (χ0v) is 53.5. The van der Waals surface area contributed by atoms with Crippen molar-refractivity contribution in [3.05, 3.63) is 328 Å². The van der Waals surface area contributed by atoms with E-state index in [1.807, 2.05) is 121 Å². The summed E-state index contributed by atoms with van der Waals surface area (Å²) in [5.41, 5.74) is 21.6. The van der Waals surface area contributed by atoms with E-state index >= 15 is 0 Å². The van der Waals surface area contributed by atoms with Gasteiger partial charge in [0.25, 0.3) is 0 Å². The molecule has 0 fully saturated rings. The van der Waals surface area contributed by atoms with E-state index < -0.39 is 0 Å². The van der Waals surface area contributed by atoms with Gasteiger partial charge < -0.3 is 0 Å². The first-order valence-electron chi connectivity index (χ1n) is 33.4. The number of hydrogen-bond donors (Lipinski definition) is 0. The fourth-order valence-electron chi connectivity index (χ4n) is 14.4. The van der Waals surface area contributed by atoms with Crippen LogP contribution in [0.4, 0.5) is 34.6 Å². The van der Waals surface area contributed by atoms with Crippen molar-refractivity contribution < 1.29 is 0 Å². The molecule has 0 saturated carbocycles. The Labute approximate surface area is 574 Å². The molecule has 6 heterocycles. The normalized spacial score (nSPS) is 12.2. The molecule has 2 aliphatic heterocycles. The van der Waals surface area contributed by atoms with Gasteiger partial charge in [-0.05, 0) is 148 Å². The summed E-state index contributed by atoms with van der Waals surface area (Å²) < 4.78 is 4.65. The number of anilines is 6. The van der Waals surface area contributed by atoms with Crippen LogP contribution in [-0.2, 0) is 0 Å². The molecule has 18 aromatic rings. The molecule has 100 heavy (non-hydrogen) atoms. The second kappa shape index (κ2) is 22.9. The molecule has 20 rings (SSSR count). The topological polar surface area (TPSA) is 119 Å². The first-order chi connectivity index (χ1) is 49.5. The average Bonchev–Trinajstić information content (AvgIpc) is 1.57. The Morgan fingerprint density at radius 3 is 1.11 bits per heavy atom. The molecule has 0 bridgehead atoms. The Morgan fingerprint density at radius 2 is 0.550 bits per heavy atom. The maximum Gasteiger partial charge on any atom is 0.220 e. The van der Waals surface area contributed by atoms with Crippen LogP contribution in [0.2, 0.25) is 0 Å². The average molecular weight is 1280 g/mol. The van der Waals surface area contributed by atoms with Crippen LogP contribution in [0.15, 0.2) is 328 Å². The van der Waals surface area contributed by atoms with E-state index in [9.17, 15) is 0 Å². The number of rotatable bonds is 9. The second-order valence-electron chi connectivity index (χ2n) is 25.2. The molecule has 0 amide bonds. The molecule has 466 valence electrons. The van der Waals surface area contributed by atoms with Crippen LogP contribution in [0.1, 0.15) is 0 Å².